The van der Waals surface area contributed by atoms with Gasteiger partial charge in [-0.1, -0.05) is 27.7 Å². The predicted molar refractivity (Wildman–Crippen MR) is 184 cm³/mol. The molecule has 5 aliphatic carbocycles. The summed E-state index contributed by atoms with van der Waals surface area (Å²) in [6.07, 6.45) is 3.64. The lowest BCUT2D eigenvalue weighted by Crippen LogP contribution is -2.70. The van der Waals surface area contributed by atoms with Crippen molar-refractivity contribution in [2.24, 2.45) is 51.1 Å². The van der Waals surface area contributed by atoms with Gasteiger partial charge in [-0.05, 0) is 111 Å². The highest BCUT2D eigenvalue weighted by Gasteiger charge is 2.85. The summed E-state index contributed by atoms with van der Waals surface area (Å²) in [4.78, 5) is 2.43. The molecule has 11 nitrogen and oxygen atoms in total. The second kappa shape index (κ2) is 12.0. The number of nitrogens with zero attached hydrogens (tertiary/aromatic N) is 1. The lowest BCUT2D eigenvalue weighted by Gasteiger charge is -2.63. The van der Waals surface area contributed by atoms with Gasteiger partial charge in [-0.15, -0.1) is 0 Å². The van der Waals surface area contributed by atoms with Gasteiger partial charge in [0.1, 0.15) is 0 Å². The van der Waals surface area contributed by atoms with Crippen LogP contribution in [-0.4, -0.2) is 116 Å². The number of hydrogen-bond acceptors (Lipinski definition) is 10. The summed E-state index contributed by atoms with van der Waals surface area (Å²) < 4.78 is 91.7. The third-order valence-corrected chi connectivity index (χ3v) is 17.7. The number of rotatable bonds is 7. The molecule has 14 atom stereocenters. The molecule has 8 fully saturated rings. The molecule has 3 heterocycles. The molecule has 0 amide bonds. The monoisotopic (exact) mass is 763 g/mol. The molecule has 298 valence electrons. The Bertz CT molecular complexity index is 1530. The molecular weight excluding hydrogens is 703 g/mol. The molecule has 52 heavy (non-hydrogen) atoms. The fraction of sp³-hybridized carbons (Fsp3) is 1.00. The Balaban J connectivity index is 1.03. The molecule has 5 N–H and O–H groups in total. The second-order valence-electron chi connectivity index (χ2n) is 19.5. The van der Waals surface area contributed by atoms with Crippen LogP contribution in [0.4, 0.5) is 13.2 Å². The van der Waals surface area contributed by atoms with Gasteiger partial charge in [0.15, 0.2) is 6.29 Å². The van der Waals surface area contributed by atoms with Crippen molar-refractivity contribution in [2.45, 2.75) is 152 Å². The number of alkyl halides is 3. The molecule has 0 aromatic heterocycles. The molecule has 3 saturated heterocycles. The number of morpholine rings is 1. The number of nitrogens with two attached hydrogens (primary N) is 1. The van der Waals surface area contributed by atoms with Crippen LogP contribution in [0.5, 0.6) is 0 Å². The van der Waals surface area contributed by atoms with E-state index in [2.05, 4.69) is 25.7 Å². The van der Waals surface area contributed by atoms with Gasteiger partial charge in [-0.2, -0.15) is 17.9 Å². The first-order valence-electron chi connectivity index (χ1n) is 19.6. The van der Waals surface area contributed by atoms with Crippen molar-refractivity contribution in [1.82, 2.24) is 9.62 Å². The summed E-state index contributed by atoms with van der Waals surface area (Å²) in [7, 11) is -5.78. The van der Waals surface area contributed by atoms with Crippen LogP contribution in [0.15, 0.2) is 0 Å². The molecule has 8 rings (SSSR count). The fourth-order valence-corrected chi connectivity index (χ4v) is 14.9. The molecular formula is C37H60F3N3O8S. The van der Waals surface area contributed by atoms with Crippen LogP contribution in [0.25, 0.3) is 0 Å². The molecule has 3 unspecified atom stereocenters. The molecule has 5 saturated carbocycles. The molecule has 2 spiro atoms. The minimum Gasteiger partial charge on any atom is -0.389 e. The summed E-state index contributed by atoms with van der Waals surface area (Å²) in [5, 5.41) is 23.4. The van der Waals surface area contributed by atoms with E-state index in [0.29, 0.717) is 18.6 Å². The van der Waals surface area contributed by atoms with Crippen molar-refractivity contribution in [2.75, 3.05) is 32.9 Å². The van der Waals surface area contributed by atoms with Crippen LogP contribution >= 0.6 is 0 Å². The zero-order chi connectivity index (χ0) is 37.7. The van der Waals surface area contributed by atoms with Gasteiger partial charge in [-0.25, -0.2) is 8.42 Å². The number of fused-ring (bicyclic) bond motifs is 4. The summed E-state index contributed by atoms with van der Waals surface area (Å²) in [5.41, 5.74) is -1.28. The topological polar surface area (TPSA) is 153 Å². The molecule has 3 aliphatic heterocycles. The number of hydrogen-bond donors (Lipinski definition) is 4. The first kappa shape index (κ1) is 38.3. The van der Waals surface area contributed by atoms with E-state index in [1.54, 1.807) is 4.72 Å². The largest absolute Gasteiger partial charge is 0.511 e. The lowest BCUT2D eigenvalue weighted by molar-refractivity contribution is -0.254. The lowest BCUT2D eigenvalue weighted by atomic mass is 9.43. The average molecular weight is 764 g/mol. The maximum absolute atomic E-state index is 13.5. The van der Waals surface area contributed by atoms with Crippen LogP contribution in [0.3, 0.4) is 0 Å². The molecule has 0 aromatic carbocycles. The van der Waals surface area contributed by atoms with E-state index < -0.39 is 56.4 Å². The van der Waals surface area contributed by atoms with Crippen molar-refractivity contribution in [1.29, 1.82) is 0 Å². The highest BCUT2D eigenvalue weighted by Crippen LogP contribution is 2.87. The molecule has 15 heteroatoms. The Morgan fingerprint density at radius 2 is 1.71 bits per heavy atom. The molecule has 0 aromatic rings. The van der Waals surface area contributed by atoms with Gasteiger partial charge >= 0.3 is 15.5 Å². The van der Waals surface area contributed by atoms with Gasteiger partial charge in [0, 0.05) is 6.54 Å². The fourth-order valence-electron chi connectivity index (χ4n) is 14.0. The summed E-state index contributed by atoms with van der Waals surface area (Å²) >= 11 is 0. The van der Waals surface area contributed by atoms with Crippen LogP contribution < -0.4 is 10.5 Å². The van der Waals surface area contributed by atoms with Crippen molar-refractivity contribution in [3.8, 4) is 0 Å². The van der Waals surface area contributed by atoms with Crippen LogP contribution in [-0.2, 0) is 29.0 Å². The standard InChI is InChI=1S/C37H60F3N3O8S/c1-20-15-22(29(32(4,5)45)42-52(46,47)37(38,39)40)50-28-27(20)33(6)11-12-35-19-34(35)10-9-25(51-26-16-43(13-14-49-26)21-17-48-18-21)31(2,3)23(34)7-8-24(35)36(33,41)30(28)44/h20-30,42,44-45H,7-19,41H2,1-6H3/t20-,22-,23+,24-,25+,26+,27+,28?,29?,30+,33-,34-,35?,36+/m1/s1. The van der Waals surface area contributed by atoms with Gasteiger partial charge < -0.3 is 34.9 Å². The third kappa shape index (κ3) is 5.18. The highest BCUT2D eigenvalue weighted by atomic mass is 32.2. The summed E-state index contributed by atoms with van der Waals surface area (Å²) in [6, 6.07) is -1.15. The first-order valence-corrected chi connectivity index (χ1v) is 21.0. The van der Waals surface area contributed by atoms with Crippen molar-refractivity contribution >= 4 is 10.0 Å². The predicted octanol–water partition coefficient (Wildman–Crippen LogP) is 3.51. The zero-order valence-electron chi connectivity index (χ0n) is 31.5. The van der Waals surface area contributed by atoms with Gasteiger partial charge in [0.25, 0.3) is 0 Å². The highest BCUT2D eigenvalue weighted by molar-refractivity contribution is 7.90. The quantitative estimate of drug-likeness (QED) is 0.303. The van der Waals surface area contributed by atoms with Crippen LogP contribution in [0.1, 0.15) is 92.9 Å². The van der Waals surface area contributed by atoms with E-state index in [4.69, 9.17) is 24.7 Å². The Hall–Kier alpha value is -0.620. The van der Waals surface area contributed by atoms with E-state index in [0.717, 1.165) is 71.2 Å². The Morgan fingerprint density at radius 3 is 2.35 bits per heavy atom. The van der Waals surface area contributed by atoms with Crippen molar-refractivity contribution in [3.63, 3.8) is 0 Å². The zero-order valence-corrected chi connectivity index (χ0v) is 32.3. The average Bonchev–Trinajstić information content (AvgIpc) is 3.64. The Morgan fingerprint density at radius 1 is 1.04 bits per heavy atom. The number of aliphatic hydroxyl groups excluding tert-OH is 1. The van der Waals surface area contributed by atoms with E-state index in [-0.39, 0.29) is 52.8 Å². The van der Waals surface area contributed by atoms with E-state index in [9.17, 15) is 31.8 Å². The number of nitrogens with one attached hydrogen (secondary N) is 1. The Kier molecular flexibility index (Phi) is 8.79. The number of halogens is 3. The van der Waals surface area contributed by atoms with Gasteiger partial charge in [0.05, 0.1) is 74.0 Å². The number of aliphatic hydroxyl groups is 2. The third-order valence-electron chi connectivity index (χ3n) is 16.5. The Labute approximate surface area is 306 Å². The summed E-state index contributed by atoms with van der Waals surface area (Å²) in [6.45, 7) is 15.3. The minimum absolute atomic E-state index is 0.0239. The number of ether oxygens (including phenoxy) is 4. The second-order valence-corrected chi connectivity index (χ2v) is 21.2. The van der Waals surface area contributed by atoms with Gasteiger partial charge in [-0.3, -0.25) is 4.90 Å². The maximum atomic E-state index is 13.5. The van der Waals surface area contributed by atoms with Gasteiger partial charge in [0.2, 0.25) is 0 Å². The normalized spacial score (nSPS) is 49.8. The van der Waals surface area contributed by atoms with E-state index >= 15 is 0 Å². The molecule has 0 bridgehead atoms. The molecule has 0 radical (unpaired) electrons. The van der Waals surface area contributed by atoms with Crippen LogP contribution in [0, 0.1) is 45.3 Å². The minimum atomic E-state index is -5.78. The smallest absolute Gasteiger partial charge is 0.389 e. The van der Waals surface area contributed by atoms with Crippen molar-refractivity contribution < 1.29 is 50.7 Å². The maximum Gasteiger partial charge on any atom is 0.511 e. The SMILES string of the molecule is C[C@@H]1C[C@H](C(NS(=O)(=O)C(F)(F)F)C(C)(C)O)OC2[C@H]1[C@@]1(C)CCC34C[C@@]35CC[C@H](O[C@H]3CN(C6COC6)CCO3)C(C)(C)[C@@H]5CC[C@H]4[C@]1(N)[C@H]2O. The van der Waals surface area contributed by atoms with E-state index in [1.807, 2.05) is 6.92 Å². The summed E-state index contributed by atoms with van der Waals surface area (Å²) in [5.74, 6) is 0.121. The van der Waals surface area contributed by atoms with Crippen LogP contribution in [0.2, 0.25) is 0 Å². The number of sulfonamides is 1. The first-order chi connectivity index (χ1) is 24.0. The van der Waals surface area contributed by atoms with E-state index in [1.165, 1.54) is 13.8 Å². The van der Waals surface area contributed by atoms with Crippen molar-refractivity contribution in [3.05, 3.63) is 0 Å². The molecule has 8 aliphatic rings.